The Morgan fingerprint density at radius 2 is 2.00 bits per heavy atom. The lowest BCUT2D eigenvalue weighted by Gasteiger charge is -2.41. The lowest BCUT2D eigenvalue weighted by molar-refractivity contribution is -0.00970. The SMILES string of the molecule is CN(C)c1ncc(CNCC(C)(C)N2CCOCC2)n1C. The average molecular weight is 295 g/mol. The fraction of sp³-hybridized carbons (Fsp3) is 0.800. The zero-order valence-electron chi connectivity index (χ0n) is 14.0. The highest BCUT2D eigenvalue weighted by atomic mass is 16.5. The molecular formula is C15H29N5O. The quantitative estimate of drug-likeness (QED) is 0.836. The van der Waals surface area contributed by atoms with Crippen LogP contribution in [-0.4, -0.2) is 66.9 Å². The Bertz CT molecular complexity index is 449. The first-order chi connectivity index (χ1) is 9.92. The topological polar surface area (TPSA) is 45.6 Å². The van der Waals surface area contributed by atoms with Gasteiger partial charge in [0.05, 0.1) is 25.1 Å². The van der Waals surface area contributed by atoms with Crippen molar-refractivity contribution in [3.63, 3.8) is 0 Å². The molecule has 0 unspecified atom stereocenters. The minimum Gasteiger partial charge on any atom is -0.379 e. The van der Waals surface area contributed by atoms with Gasteiger partial charge in [-0.15, -0.1) is 0 Å². The number of hydrogen-bond donors (Lipinski definition) is 1. The molecule has 1 N–H and O–H groups in total. The van der Waals surface area contributed by atoms with E-state index < -0.39 is 0 Å². The standard InChI is InChI=1S/C15H29N5O/c1-15(2,20-6-8-21-9-7-20)12-16-10-13-11-17-14(18(3)4)19(13)5/h11,16H,6-10,12H2,1-5H3. The highest BCUT2D eigenvalue weighted by Gasteiger charge is 2.27. The highest BCUT2D eigenvalue weighted by Crippen LogP contribution is 2.16. The zero-order chi connectivity index (χ0) is 15.5. The third kappa shape index (κ3) is 3.96. The maximum absolute atomic E-state index is 5.43. The summed E-state index contributed by atoms with van der Waals surface area (Å²) in [7, 11) is 6.09. The number of morpholine rings is 1. The Kier molecular flexibility index (Phi) is 5.24. The number of aromatic nitrogens is 2. The lowest BCUT2D eigenvalue weighted by Crippen LogP contribution is -2.54. The first-order valence-corrected chi connectivity index (χ1v) is 7.63. The van der Waals surface area contributed by atoms with Crippen molar-refractivity contribution < 1.29 is 4.74 Å². The van der Waals surface area contributed by atoms with Crippen molar-refractivity contribution in [3.05, 3.63) is 11.9 Å². The van der Waals surface area contributed by atoms with Crippen molar-refractivity contribution >= 4 is 5.95 Å². The molecule has 1 aromatic rings. The van der Waals surface area contributed by atoms with Gasteiger partial charge in [0, 0.05) is 52.9 Å². The molecule has 0 bridgehead atoms. The fourth-order valence-corrected chi connectivity index (χ4v) is 2.79. The zero-order valence-corrected chi connectivity index (χ0v) is 14.0. The van der Waals surface area contributed by atoms with Crippen LogP contribution in [0.25, 0.3) is 0 Å². The predicted molar refractivity (Wildman–Crippen MR) is 85.7 cm³/mol. The van der Waals surface area contributed by atoms with E-state index >= 15 is 0 Å². The summed E-state index contributed by atoms with van der Waals surface area (Å²) in [5.74, 6) is 0.985. The maximum Gasteiger partial charge on any atom is 0.204 e. The molecule has 1 fully saturated rings. The number of imidazole rings is 1. The monoisotopic (exact) mass is 295 g/mol. The lowest BCUT2D eigenvalue weighted by atomic mass is 10.0. The van der Waals surface area contributed by atoms with Crippen LogP contribution in [0.15, 0.2) is 6.20 Å². The normalized spacial score (nSPS) is 17.2. The molecule has 2 heterocycles. The molecular weight excluding hydrogens is 266 g/mol. The van der Waals surface area contributed by atoms with Gasteiger partial charge in [0.2, 0.25) is 5.95 Å². The molecule has 0 radical (unpaired) electrons. The smallest absolute Gasteiger partial charge is 0.204 e. The van der Waals surface area contributed by atoms with Crippen LogP contribution in [0.1, 0.15) is 19.5 Å². The Morgan fingerprint density at radius 1 is 1.33 bits per heavy atom. The molecule has 1 aliphatic rings. The van der Waals surface area contributed by atoms with Crippen LogP contribution < -0.4 is 10.2 Å². The molecule has 0 aliphatic carbocycles. The van der Waals surface area contributed by atoms with E-state index in [-0.39, 0.29) is 5.54 Å². The second kappa shape index (κ2) is 6.77. The van der Waals surface area contributed by atoms with Gasteiger partial charge in [0.15, 0.2) is 0 Å². The summed E-state index contributed by atoms with van der Waals surface area (Å²) in [5.41, 5.74) is 1.35. The molecule has 120 valence electrons. The summed E-state index contributed by atoms with van der Waals surface area (Å²) >= 11 is 0. The summed E-state index contributed by atoms with van der Waals surface area (Å²) < 4.78 is 7.56. The van der Waals surface area contributed by atoms with Crippen LogP contribution in [0.2, 0.25) is 0 Å². The van der Waals surface area contributed by atoms with E-state index in [1.165, 1.54) is 5.69 Å². The van der Waals surface area contributed by atoms with Crippen molar-refractivity contribution in [2.24, 2.45) is 7.05 Å². The van der Waals surface area contributed by atoms with Crippen molar-refractivity contribution in [1.82, 2.24) is 19.8 Å². The van der Waals surface area contributed by atoms with Gasteiger partial charge < -0.3 is 19.5 Å². The second-order valence-corrected chi connectivity index (χ2v) is 6.52. The number of nitrogens with zero attached hydrogens (tertiary/aromatic N) is 4. The Morgan fingerprint density at radius 3 is 2.57 bits per heavy atom. The first kappa shape index (κ1) is 16.3. The van der Waals surface area contributed by atoms with Crippen molar-refractivity contribution in [2.75, 3.05) is 51.8 Å². The minimum atomic E-state index is 0.146. The molecule has 0 spiro atoms. The molecule has 1 aromatic heterocycles. The summed E-state index contributed by atoms with van der Waals surface area (Å²) in [6.07, 6.45) is 1.95. The molecule has 0 atom stereocenters. The van der Waals surface area contributed by atoms with Gasteiger partial charge in [-0.3, -0.25) is 4.90 Å². The van der Waals surface area contributed by atoms with Gasteiger partial charge >= 0.3 is 0 Å². The number of nitrogens with one attached hydrogen (secondary N) is 1. The Labute approximate surface area is 128 Å². The molecule has 6 heteroatoms. The molecule has 1 aliphatic heterocycles. The van der Waals surface area contributed by atoms with Crippen LogP contribution in [0.5, 0.6) is 0 Å². The minimum absolute atomic E-state index is 0.146. The largest absolute Gasteiger partial charge is 0.379 e. The number of anilines is 1. The third-order valence-electron chi connectivity index (χ3n) is 4.19. The van der Waals surface area contributed by atoms with Crippen LogP contribution in [0.4, 0.5) is 5.95 Å². The molecule has 0 aromatic carbocycles. The third-order valence-corrected chi connectivity index (χ3v) is 4.19. The van der Waals surface area contributed by atoms with Crippen LogP contribution in [-0.2, 0) is 18.3 Å². The summed E-state index contributed by atoms with van der Waals surface area (Å²) in [5, 5.41) is 3.57. The number of ether oxygens (including phenoxy) is 1. The van der Waals surface area contributed by atoms with Gasteiger partial charge in [-0.05, 0) is 13.8 Å². The maximum atomic E-state index is 5.43. The Hall–Kier alpha value is -1.11. The number of rotatable bonds is 6. The molecule has 0 amide bonds. The van der Waals surface area contributed by atoms with Crippen molar-refractivity contribution in [2.45, 2.75) is 25.9 Å². The summed E-state index contributed by atoms with van der Waals surface area (Å²) in [4.78, 5) is 8.97. The molecule has 21 heavy (non-hydrogen) atoms. The molecule has 0 saturated carbocycles. The van der Waals surface area contributed by atoms with Crippen molar-refractivity contribution in [1.29, 1.82) is 0 Å². The molecule has 1 saturated heterocycles. The molecule has 6 nitrogen and oxygen atoms in total. The fourth-order valence-electron chi connectivity index (χ4n) is 2.79. The summed E-state index contributed by atoms with van der Waals surface area (Å²) in [6, 6.07) is 0. The number of hydrogen-bond acceptors (Lipinski definition) is 5. The Balaban J connectivity index is 1.85. The highest BCUT2D eigenvalue weighted by molar-refractivity contribution is 5.30. The van der Waals surface area contributed by atoms with E-state index in [0.717, 1.165) is 45.3 Å². The predicted octanol–water partition coefficient (Wildman–Crippen LogP) is 0.687. The van der Waals surface area contributed by atoms with Gasteiger partial charge in [-0.25, -0.2) is 4.98 Å². The first-order valence-electron chi connectivity index (χ1n) is 7.63. The van der Waals surface area contributed by atoms with E-state index in [4.69, 9.17) is 4.74 Å². The van der Waals surface area contributed by atoms with Crippen LogP contribution >= 0.6 is 0 Å². The van der Waals surface area contributed by atoms with E-state index in [9.17, 15) is 0 Å². The van der Waals surface area contributed by atoms with E-state index in [2.05, 4.69) is 40.7 Å². The van der Waals surface area contributed by atoms with E-state index in [1.807, 2.05) is 25.2 Å². The van der Waals surface area contributed by atoms with Gasteiger partial charge in [0.1, 0.15) is 0 Å². The van der Waals surface area contributed by atoms with E-state index in [1.54, 1.807) is 0 Å². The molecule has 2 rings (SSSR count). The van der Waals surface area contributed by atoms with E-state index in [0.29, 0.717) is 0 Å². The van der Waals surface area contributed by atoms with Gasteiger partial charge in [-0.2, -0.15) is 0 Å². The van der Waals surface area contributed by atoms with Crippen LogP contribution in [0.3, 0.4) is 0 Å². The summed E-state index contributed by atoms with van der Waals surface area (Å²) in [6.45, 7) is 10.1. The second-order valence-electron chi connectivity index (χ2n) is 6.52. The average Bonchev–Trinajstić information content (AvgIpc) is 2.81. The van der Waals surface area contributed by atoms with Crippen molar-refractivity contribution in [3.8, 4) is 0 Å². The van der Waals surface area contributed by atoms with Gasteiger partial charge in [-0.1, -0.05) is 0 Å². The van der Waals surface area contributed by atoms with Gasteiger partial charge in [0.25, 0.3) is 0 Å². The van der Waals surface area contributed by atoms with Crippen LogP contribution in [0, 0.1) is 0 Å².